The van der Waals surface area contributed by atoms with Gasteiger partial charge in [-0.1, -0.05) is 91.0 Å². The van der Waals surface area contributed by atoms with Gasteiger partial charge in [0.15, 0.2) is 0 Å². The van der Waals surface area contributed by atoms with E-state index in [0.29, 0.717) is 5.95 Å². The fraction of sp³-hybridized carbons (Fsp3) is 0. The molecule has 0 fully saturated rings. The van der Waals surface area contributed by atoms with Crippen LogP contribution in [0.2, 0.25) is 0 Å². The Morgan fingerprint density at radius 2 is 1.07 bits per heavy atom. The van der Waals surface area contributed by atoms with Gasteiger partial charge in [-0.3, -0.25) is 4.57 Å². The van der Waals surface area contributed by atoms with Crippen molar-refractivity contribution in [3.05, 3.63) is 140 Å². The van der Waals surface area contributed by atoms with E-state index in [2.05, 4.69) is 151 Å². The Hall–Kier alpha value is -5.85. The van der Waals surface area contributed by atoms with E-state index in [9.17, 15) is 0 Å². The normalized spacial score (nSPS) is 12.0. The van der Waals surface area contributed by atoms with E-state index < -0.39 is 0 Å². The third kappa shape index (κ3) is 3.40. The SMILES string of the molecule is c1ccc2c(c1)sc1cccc(-c3cccc4c5ccccc5n(-c5cccc6c5c5ccccc5n6-c5ncncn5)c34)c12. The van der Waals surface area contributed by atoms with Crippen molar-refractivity contribution in [2.24, 2.45) is 0 Å². The zero-order valence-electron chi connectivity index (χ0n) is 23.9. The van der Waals surface area contributed by atoms with Crippen molar-refractivity contribution in [1.82, 2.24) is 24.1 Å². The molecule has 210 valence electrons. The van der Waals surface area contributed by atoms with Crippen molar-refractivity contribution in [3.63, 3.8) is 0 Å². The van der Waals surface area contributed by atoms with Crippen LogP contribution in [0.5, 0.6) is 0 Å². The molecule has 0 aliphatic rings. The Kier molecular flexibility index (Phi) is 5.09. The minimum Gasteiger partial charge on any atom is -0.308 e. The van der Waals surface area contributed by atoms with Crippen LogP contribution >= 0.6 is 11.3 Å². The standard InChI is InChI=1S/C39H23N5S/c1-4-16-30-24(10-1)26-14-7-15-27(25-13-8-21-35-36(25)29-12-3-6-20-34(29)45-35)38(26)43(30)32-18-9-19-33-37(32)28-11-2-5-17-31(28)44(33)39-41-22-40-23-42-39/h1-23H. The molecule has 0 aliphatic carbocycles. The largest absolute Gasteiger partial charge is 0.308 e. The minimum atomic E-state index is 0.604. The predicted octanol–water partition coefficient (Wildman–Crippen LogP) is 10.1. The summed E-state index contributed by atoms with van der Waals surface area (Å²) >= 11 is 1.86. The average molecular weight is 594 g/mol. The summed E-state index contributed by atoms with van der Waals surface area (Å²) < 4.78 is 7.22. The second-order valence-electron chi connectivity index (χ2n) is 11.3. The number of hydrogen-bond acceptors (Lipinski definition) is 4. The van der Waals surface area contributed by atoms with Crippen LogP contribution in [0.4, 0.5) is 0 Å². The van der Waals surface area contributed by atoms with Crippen LogP contribution in [0, 0.1) is 0 Å². The molecule has 0 unspecified atom stereocenters. The van der Waals surface area contributed by atoms with Crippen molar-refractivity contribution in [1.29, 1.82) is 0 Å². The van der Waals surface area contributed by atoms with E-state index in [1.165, 1.54) is 53.1 Å². The average Bonchev–Trinajstić information content (AvgIpc) is 3.76. The molecule has 0 radical (unpaired) electrons. The quantitative estimate of drug-likeness (QED) is 0.205. The van der Waals surface area contributed by atoms with Crippen LogP contribution in [0.25, 0.3) is 86.5 Å². The van der Waals surface area contributed by atoms with Gasteiger partial charge in [-0.15, -0.1) is 11.3 Å². The Morgan fingerprint density at radius 1 is 0.444 bits per heavy atom. The highest BCUT2D eigenvalue weighted by atomic mass is 32.1. The third-order valence-corrected chi connectivity index (χ3v) is 10.1. The van der Waals surface area contributed by atoms with Gasteiger partial charge in [0, 0.05) is 47.3 Å². The highest BCUT2D eigenvalue weighted by Crippen LogP contribution is 2.45. The lowest BCUT2D eigenvalue weighted by molar-refractivity contribution is 0.939. The summed E-state index contributed by atoms with van der Waals surface area (Å²) in [5.41, 5.74) is 8.07. The minimum absolute atomic E-state index is 0.604. The maximum absolute atomic E-state index is 4.55. The molecule has 5 nitrogen and oxygen atoms in total. The van der Waals surface area contributed by atoms with E-state index >= 15 is 0 Å². The van der Waals surface area contributed by atoms with Crippen molar-refractivity contribution < 1.29 is 0 Å². The van der Waals surface area contributed by atoms with Crippen LogP contribution in [0.15, 0.2) is 140 Å². The van der Waals surface area contributed by atoms with E-state index in [1.807, 2.05) is 11.3 Å². The molecule has 0 atom stereocenters. The van der Waals surface area contributed by atoms with Gasteiger partial charge in [0.05, 0.1) is 27.8 Å². The molecule has 6 aromatic carbocycles. The molecule has 4 heterocycles. The number of nitrogens with zero attached hydrogens (tertiary/aromatic N) is 5. The molecular formula is C39H23N5S. The third-order valence-electron chi connectivity index (χ3n) is 8.98. The number of rotatable bonds is 3. The summed E-state index contributed by atoms with van der Waals surface area (Å²) in [5, 5.41) is 7.39. The fourth-order valence-corrected chi connectivity index (χ4v) is 8.37. The van der Waals surface area contributed by atoms with E-state index in [4.69, 9.17) is 0 Å². The van der Waals surface area contributed by atoms with Gasteiger partial charge >= 0.3 is 0 Å². The number of fused-ring (bicyclic) bond motifs is 9. The number of thiophene rings is 1. The van der Waals surface area contributed by atoms with Crippen molar-refractivity contribution in [3.8, 4) is 22.8 Å². The molecule has 0 amide bonds. The molecule has 0 N–H and O–H groups in total. The molecule has 0 bridgehead atoms. The Balaban J connectivity index is 1.39. The number of hydrogen-bond donors (Lipinski definition) is 0. The molecule has 0 spiro atoms. The van der Waals surface area contributed by atoms with E-state index in [1.54, 1.807) is 12.7 Å². The van der Waals surface area contributed by atoms with Gasteiger partial charge in [-0.2, -0.15) is 0 Å². The first-order chi connectivity index (χ1) is 22.4. The maximum atomic E-state index is 4.55. The molecule has 4 aromatic heterocycles. The zero-order valence-corrected chi connectivity index (χ0v) is 24.7. The summed E-state index contributed by atoms with van der Waals surface area (Å²) in [6, 6.07) is 46.1. The van der Waals surface area contributed by atoms with Crippen LogP contribution in [-0.4, -0.2) is 24.1 Å². The molecular weight excluding hydrogens is 571 g/mol. The van der Waals surface area contributed by atoms with Crippen molar-refractivity contribution in [2.45, 2.75) is 0 Å². The lowest BCUT2D eigenvalue weighted by atomic mass is 9.97. The van der Waals surface area contributed by atoms with Crippen LogP contribution in [0.1, 0.15) is 0 Å². The lowest BCUT2D eigenvalue weighted by Gasteiger charge is -2.14. The molecule has 10 aromatic rings. The first-order valence-electron chi connectivity index (χ1n) is 14.9. The maximum Gasteiger partial charge on any atom is 0.237 e. The van der Waals surface area contributed by atoms with Gasteiger partial charge in [0.25, 0.3) is 0 Å². The molecule has 45 heavy (non-hydrogen) atoms. The van der Waals surface area contributed by atoms with Crippen molar-refractivity contribution >= 4 is 75.1 Å². The predicted molar refractivity (Wildman–Crippen MR) is 187 cm³/mol. The van der Waals surface area contributed by atoms with Gasteiger partial charge in [0.2, 0.25) is 5.95 Å². The van der Waals surface area contributed by atoms with Gasteiger partial charge in [-0.25, -0.2) is 15.0 Å². The van der Waals surface area contributed by atoms with Gasteiger partial charge < -0.3 is 4.57 Å². The molecule has 0 aliphatic heterocycles. The summed E-state index contributed by atoms with van der Waals surface area (Å²) in [6.45, 7) is 0. The summed E-state index contributed by atoms with van der Waals surface area (Å²) in [7, 11) is 0. The van der Waals surface area contributed by atoms with Gasteiger partial charge in [0.1, 0.15) is 12.7 Å². The summed E-state index contributed by atoms with van der Waals surface area (Å²) in [6.07, 6.45) is 3.11. The molecule has 0 saturated carbocycles. The highest BCUT2D eigenvalue weighted by Gasteiger charge is 2.22. The smallest absolute Gasteiger partial charge is 0.237 e. The highest BCUT2D eigenvalue weighted by molar-refractivity contribution is 7.25. The summed E-state index contributed by atoms with van der Waals surface area (Å²) in [4.78, 5) is 13.2. The Labute approximate surface area is 261 Å². The topological polar surface area (TPSA) is 48.5 Å². The Bertz CT molecular complexity index is 2770. The second-order valence-corrected chi connectivity index (χ2v) is 12.4. The first-order valence-corrected chi connectivity index (χ1v) is 15.8. The second kappa shape index (κ2) is 9.32. The summed E-state index contributed by atoms with van der Waals surface area (Å²) in [5.74, 6) is 0.604. The first kappa shape index (κ1) is 24.6. The number of aromatic nitrogens is 5. The molecule has 10 rings (SSSR count). The molecule has 0 saturated heterocycles. The van der Waals surface area contributed by atoms with Crippen LogP contribution in [-0.2, 0) is 0 Å². The van der Waals surface area contributed by atoms with E-state index in [-0.39, 0.29) is 0 Å². The number of benzene rings is 6. The van der Waals surface area contributed by atoms with Crippen LogP contribution < -0.4 is 0 Å². The monoisotopic (exact) mass is 593 g/mol. The lowest BCUT2D eigenvalue weighted by Crippen LogP contribution is -2.01. The van der Waals surface area contributed by atoms with Crippen molar-refractivity contribution in [2.75, 3.05) is 0 Å². The van der Waals surface area contributed by atoms with Crippen LogP contribution in [0.3, 0.4) is 0 Å². The molecule has 6 heteroatoms. The Morgan fingerprint density at radius 3 is 1.93 bits per heavy atom. The number of para-hydroxylation sites is 3. The fourth-order valence-electron chi connectivity index (χ4n) is 7.24. The van der Waals surface area contributed by atoms with Gasteiger partial charge in [-0.05, 0) is 42.0 Å². The zero-order chi connectivity index (χ0) is 29.5. The van der Waals surface area contributed by atoms with E-state index in [0.717, 1.165) is 27.5 Å².